The number of allylic oxidation sites excluding steroid dienone is 2. The van der Waals surface area contributed by atoms with Crippen LogP contribution in [0, 0.1) is 35.0 Å². The zero-order chi connectivity index (χ0) is 14.2. The highest BCUT2D eigenvalue weighted by Crippen LogP contribution is 2.36. The van der Waals surface area contributed by atoms with Gasteiger partial charge in [-0.2, -0.15) is 5.26 Å². The topological polar surface area (TPSA) is 23.8 Å². The van der Waals surface area contributed by atoms with Crippen LogP contribution in [0.25, 0.3) is 0 Å². The summed E-state index contributed by atoms with van der Waals surface area (Å²) in [6.45, 7) is 2.23. The van der Waals surface area contributed by atoms with Gasteiger partial charge in [-0.25, -0.2) is 0 Å². The molecule has 0 amide bonds. The smallest absolute Gasteiger partial charge is 0.0655 e. The Balaban J connectivity index is 1.60. The van der Waals surface area contributed by atoms with E-state index in [4.69, 9.17) is 5.26 Å². The largest absolute Gasteiger partial charge is 0.198 e. The van der Waals surface area contributed by atoms with E-state index in [1.165, 1.54) is 57.8 Å². The van der Waals surface area contributed by atoms with E-state index in [1.54, 1.807) is 0 Å². The molecule has 20 heavy (non-hydrogen) atoms. The van der Waals surface area contributed by atoms with Gasteiger partial charge >= 0.3 is 0 Å². The van der Waals surface area contributed by atoms with E-state index in [9.17, 15) is 0 Å². The molecule has 0 aromatic carbocycles. The standard InChI is InChI=1S/C19H31N/c1-2-3-4-16-5-7-17(8-6-16)9-10-18-11-13-19(15-20)14-12-18/h3-4,16-19H,2,5-14H2,1H3/t16-,17-,18-,19-. The minimum absolute atomic E-state index is 0.368. The molecule has 1 nitrogen and oxygen atoms in total. The maximum absolute atomic E-state index is 8.94. The Morgan fingerprint density at radius 2 is 1.45 bits per heavy atom. The molecular formula is C19H31N. The first-order valence-electron chi connectivity index (χ1n) is 8.88. The zero-order valence-corrected chi connectivity index (χ0v) is 13.2. The molecule has 0 spiro atoms. The van der Waals surface area contributed by atoms with Crippen LogP contribution in [0.1, 0.15) is 77.6 Å². The lowest BCUT2D eigenvalue weighted by molar-refractivity contribution is 0.242. The molecule has 2 aliphatic rings. The molecule has 0 aliphatic heterocycles. The number of hydrogen-bond acceptors (Lipinski definition) is 1. The molecule has 2 fully saturated rings. The first kappa shape index (κ1) is 15.6. The Morgan fingerprint density at radius 1 is 0.900 bits per heavy atom. The van der Waals surface area contributed by atoms with Gasteiger partial charge in [0.05, 0.1) is 6.07 Å². The third-order valence-electron chi connectivity index (χ3n) is 5.55. The fourth-order valence-electron chi connectivity index (χ4n) is 4.05. The van der Waals surface area contributed by atoms with E-state index in [-0.39, 0.29) is 0 Å². The summed E-state index contributed by atoms with van der Waals surface area (Å²) in [6.07, 6.45) is 19.6. The molecule has 2 saturated carbocycles. The van der Waals surface area contributed by atoms with Crippen LogP contribution in [0.4, 0.5) is 0 Å². The van der Waals surface area contributed by atoms with Crippen molar-refractivity contribution < 1.29 is 0 Å². The first-order chi connectivity index (χ1) is 9.81. The second-order valence-electron chi connectivity index (χ2n) is 7.04. The quantitative estimate of drug-likeness (QED) is 0.575. The van der Waals surface area contributed by atoms with Gasteiger partial charge in [0.25, 0.3) is 0 Å². The van der Waals surface area contributed by atoms with Crippen molar-refractivity contribution in [2.75, 3.05) is 0 Å². The SMILES string of the molecule is CCC=C[C@H]1CC[C@H](CC[C@H]2CC[C@H](C#N)CC2)CC1. The molecule has 0 aromatic heterocycles. The Kier molecular flexibility index (Phi) is 6.64. The Morgan fingerprint density at radius 3 is 1.95 bits per heavy atom. The summed E-state index contributed by atoms with van der Waals surface area (Å²) in [7, 11) is 0. The van der Waals surface area contributed by atoms with Gasteiger partial charge in [-0.1, -0.05) is 31.9 Å². The van der Waals surface area contributed by atoms with Crippen LogP contribution in [-0.4, -0.2) is 0 Å². The summed E-state index contributed by atoms with van der Waals surface area (Å²) in [4.78, 5) is 0. The van der Waals surface area contributed by atoms with Crippen LogP contribution in [0.3, 0.4) is 0 Å². The van der Waals surface area contributed by atoms with Crippen molar-refractivity contribution in [2.24, 2.45) is 23.7 Å². The van der Waals surface area contributed by atoms with Gasteiger partial charge in [0, 0.05) is 5.92 Å². The third kappa shape index (κ3) is 4.97. The lowest BCUT2D eigenvalue weighted by Crippen LogP contribution is -2.17. The summed E-state index contributed by atoms with van der Waals surface area (Å²) in [5.41, 5.74) is 0. The average molecular weight is 273 g/mol. The monoisotopic (exact) mass is 273 g/mol. The van der Waals surface area contributed by atoms with Crippen molar-refractivity contribution in [3.8, 4) is 6.07 Å². The minimum atomic E-state index is 0.368. The lowest BCUT2D eigenvalue weighted by Gasteiger charge is -2.30. The van der Waals surface area contributed by atoms with Crippen molar-refractivity contribution in [2.45, 2.75) is 77.6 Å². The summed E-state index contributed by atoms with van der Waals surface area (Å²) in [5, 5.41) is 8.94. The molecule has 0 heterocycles. The van der Waals surface area contributed by atoms with Crippen molar-refractivity contribution in [1.29, 1.82) is 5.26 Å². The molecule has 0 radical (unpaired) electrons. The van der Waals surface area contributed by atoms with E-state index in [1.807, 2.05) is 0 Å². The first-order valence-corrected chi connectivity index (χ1v) is 8.88. The highest BCUT2D eigenvalue weighted by molar-refractivity contribution is 4.91. The van der Waals surface area contributed by atoms with Gasteiger partial charge < -0.3 is 0 Å². The molecule has 0 atom stereocenters. The molecule has 0 N–H and O–H groups in total. The maximum Gasteiger partial charge on any atom is 0.0655 e. The fraction of sp³-hybridized carbons (Fsp3) is 0.842. The fourth-order valence-corrected chi connectivity index (χ4v) is 4.05. The van der Waals surface area contributed by atoms with E-state index in [2.05, 4.69) is 25.1 Å². The molecule has 0 unspecified atom stereocenters. The van der Waals surface area contributed by atoms with E-state index < -0.39 is 0 Å². The highest BCUT2D eigenvalue weighted by atomic mass is 14.3. The number of hydrogen-bond donors (Lipinski definition) is 0. The highest BCUT2D eigenvalue weighted by Gasteiger charge is 2.23. The summed E-state index contributed by atoms with van der Waals surface area (Å²) < 4.78 is 0. The molecule has 2 aliphatic carbocycles. The molecular weight excluding hydrogens is 242 g/mol. The van der Waals surface area contributed by atoms with Crippen molar-refractivity contribution >= 4 is 0 Å². The predicted molar refractivity (Wildman–Crippen MR) is 85.2 cm³/mol. The Hall–Kier alpha value is -0.770. The molecule has 0 bridgehead atoms. The molecule has 112 valence electrons. The predicted octanol–water partition coefficient (Wildman–Crippen LogP) is 5.87. The van der Waals surface area contributed by atoms with Crippen LogP contribution >= 0.6 is 0 Å². The molecule has 1 heteroatoms. The van der Waals surface area contributed by atoms with Gasteiger partial charge in [0.15, 0.2) is 0 Å². The Labute approximate surface area is 125 Å². The molecule has 0 aromatic rings. The van der Waals surface area contributed by atoms with E-state index >= 15 is 0 Å². The summed E-state index contributed by atoms with van der Waals surface area (Å²) in [5.74, 6) is 3.16. The van der Waals surface area contributed by atoms with Crippen LogP contribution in [0.15, 0.2) is 12.2 Å². The summed E-state index contributed by atoms with van der Waals surface area (Å²) >= 11 is 0. The van der Waals surface area contributed by atoms with Crippen molar-refractivity contribution in [3.63, 3.8) is 0 Å². The number of rotatable bonds is 5. The van der Waals surface area contributed by atoms with Crippen LogP contribution in [-0.2, 0) is 0 Å². The van der Waals surface area contributed by atoms with Gasteiger partial charge in [-0.15, -0.1) is 0 Å². The van der Waals surface area contributed by atoms with Gasteiger partial charge in [0.2, 0.25) is 0 Å². The van der Waals surface area contributed by atoms with E-state index in [0.29, 0.717) is 5.92 Å². The normalized spacial score (nSPS) is 35.0. The number of nitriles is 1. The van der Waals surface area contributed by atoms with E-state index in [0.717, 1.165) is 30.6 Å². The summed E-state index contributed by atoms with van der Waals surface area (Å²) in [6, 6.07) is 2.45. The third-order valence-corrected chi connectivity index (χ3v) is 5.55. The van der Waals surface area contributed by atoms with Gasteiger partial charge in [0.1, 0.15) is 0 Å². The van der Waals surface area contributed by atoms with Crippen LogP contribution < -0.4 is 0 Å². The van der Waals surface area contributed by atoms with Crippen molar-refractivity contribution in [3.05, 3.63) is 12.2 Å². The molecule has 2 rings (SSSR count). The van der Waals surface area contributed by atoms with Crippen molar-refractivity contribution in [1.82, 2.24) is 0 Å². The van der Waals surface area contributed by atoms with Crippen LogP contribution in [0.2, 0.25) is 0 Å². The number of nitrogens with zero attached hydrogens (tertiary/aromatic N) is 1. The second-order valence-corrected chi connectivity index (χ2v) is 7.04. The Bertz CT molecular complexity index is 322. The zero-order valence-electron chi connectivity index (χ0n) is 13.2. The van der Waals surface area contributed by atoms with Gasteiger partial charge in [-0.05, 0) is 75.5 Å². The van der Waals surface area contributed by atoms with Crippen LogP contribution in [0.5, 0.6) is 0 Å². The van der Waals surface area contributed by atoms with Gasteiger partial charge in [-0.3, -0.25) is 0 Å². The maximum atomic E-state index is 8.94. The lowest BCUT2D eigenvalue weighted by atomic mass is 9.76. The molecule has 0 saturated heterocycles. The second kappa shape index (κ2) is 8.50. The average Bonchev–Trinajstić information content (AvgIpc) is 2.52. The minimum Gasteiger partial charge on any atom is -0.198 e.